The quantitative estimate of drug-likeness (QED) is 0.439. The van der Waals surface area contributed by atoms with Crippen LogP contribution in [0.2, 0.25) is 0 Å². The van der Waals surface area contributed by atoms with Gasteiger partial charge in [0.2, 0.25) is 5.82 Å². The molecule has 0 aliphatic rings. The van der Waals surface area contributed by atoms with Gasteiger partial charge in [-0.2, -0.15) is 4.98 Å². The van der Waals surface area contributed by atoms with E-state index in [1.807, 2.05) is 7.05 Å². The van der Waals surface area contributed by atoms with Crippen LogP contribution in [0.1, 0.15) is 20.3 Å². The SMILES string of the molecule is COc1ncnc(NCCCN(C)C(C)C)c1[N+](=O)[O-]. The molecule has 8 heteroatoms. The number of nitro groups is 1. The Bertz CT molecular complexity index is 453. The lowest BCUT2D eigenvalue weighted by Crippen LogP contribution is -2.28. The molecule has 1 heterocycles. The molecule has 1 rings (SSSR count). The molecule has 0 aliphatic heterocycles. The molecule has 0 spiro atoms. The van der Waals surface area contributed by atoms with E-state index >= 15 is 0 Å². The minimum atomic E-state index is -0.540. The van der Waals surface area contributed by atoms with Crippen molar-refractivity contribution in [1.82, 2.24) is 14.9 Å². The molecular formula is C12H21N5O3. The smallest absolute Gasteiger partial charge is 0.372 e. The topological polar surface area (TPSA) is 93.4 Å². The molecule has 8 nitrogen and oxygen atoms in total. The average Bonchev–Trinajstić information content (AvgIpc) is 2.42. The lowest BCUT2D eigenvalue weighted by molar-refractivity contribution is -0.385. The number of aromatic nitrogens is 2. The van der Waals surface area contributed by atoms with Gasteiger partial charge in [0.05, 0.1) is 12.0 Å². The summed E-state index contributed by atoms with van der Waals surface area (Å²) in [5.74, 6) is 0.154. The van der Waals surface area contributed by atoms with E-state index in [-0.39, 0.29) is 17.4 Å². The van der Waals surface area contributed by atoms with E-state index in [9.17, 15) is 10.1 Å². The van der Waals surface area contributed by atoms with Crippen molar-refractivity contribution in [3.63, 3.8) is 0 Å². The molecule has 0 unspecified atom stereocenters. The van der Waals surface area contributed by atoms with Gasteiger partial charge in [-0.15, -0.1) is 0 Å². The first-order valence-electron chi connectivity index (χ1n) is 6.44. The monoisotopic (exact) mass is 283 g/mol. The highest BCUT2D eigenvalue weighted by molar-refractivity contribution is 5.60. The third kappa shape index (κ3) is 4.30. The second kappa shape index (κ2) is 7.59. The van der Waals surface area contributed by atoms with Crippen molar-refractivity contribution in [3.8, 4) is 5.88 Å². The zero-order chi connectivity index (χ0) is 15.1. The van der Waals surface area contributed by atoms with Crippen LogP contribution >= 0.6 is 0 Å². The van der Waals surface area contributed by atoms with Gasteiger partial charge >= 0.3 is 5.69 Å². The number of ether oxygens (including phenoxy) is 1. The fourth-order valence-electron chi connectivity index (χ4n) is 1.60. The van der Waals surface area contributed by atoms with E-state index in [0.29, 0.717) is 12.6 Å². The van der Waals surface area contributed by atoms with Gasteiger partial charge in [-0.25, -0.2) is 4.98 Å². The summed E-state index contributed by atoms with van der Waals surface area (Å²) < 4.78 is 4.88. The first-order valence-corrected chi connectivity index (χ1v) is 6.44. The molecule has 0 bridgehead atoms. The van der Waals surface area contributed by atoms with Crippen molar-refractivity contribution in [2.24, 2.45) is 0 Å². The van der Waals surface area contributed by atoms with Crippen LogP contribution in [0.25, 0.3) is 0 Å². The van der Waals surface area contributed by atoms with Crippen LogP contribution in [-0.2, 0) is 0 Å². The molecular weight excluding hydrogens is 262 g/mol. The summed E-state index contributed by atoms with van der Waals surface area (Å²) >= 11 is 0. The summed E-state index contributed by atoms with van der Waals surface area (Å²) in [5.41, 5.74) is -0.229. The van der Waals surface area contributed by atoms with Gasteiger partial charge < -0.3 is 15.0 Å². The second-order valence-corrected chi connectivity index (χ2v) is 4.69. The number of methoxy groups -OCH3 is 1. The zero-order valence-corrected chi connectivity index (χ0v) is 12.3. The second-order valence-electron chi connectivity index (χ2n) is 4.69. The van der Waals surface area contributed by atoms with E-state index in [2.05, 4.69) is 34.0 Å². The molecule has 0 amide bonds. The summed E-state index contributed by atoms with van der Waals surface area (Å²) in [7, 11) is 3.39. The third-order valence-electron chi connectivity index (χ3n) is 3.03. The highest BCUT2D eigenvalue weighted by atomic mass is 16.6. The Balaban J connectivity index is 2.62. The predicted octanol–water partition coefficient (Wildman–Crippen LogP) is 1.54. The summed E-state index contributed by atoms with van der Waals surface area (Å²) in [6.45, 7) is 5.74. The highest BCUT2D eigenvalue weighted by Gasteiger charge is 2.23. The van der Waals surface area contributed by atoms with E-state index in [1.54, 1.807) is 0 Å². The van der Waals surface area contributed by atoms with Gasteiger partial charge in [0, 0.05) is 12.6 Å². The van der Waals surface area contributed by atoms with Gasteiger partial charge in [0.15, 0.2) is 0 Å². The van der Waals surface area contributed by atoms with Crippen LogP contribution in [0, 0.1) is 10.1 Å². The molecule has 20 heavy (non-hydrogen) atoms. The number of hydrogen-bond donors (Lipinski definition) is 1. The van der Waals surface area contributed by atoms with Crippen molar-refractivity contribution in [2.45, 2.75) is 26.3 Å². The van der Waals surface area contributed by atoms with Gasteiger partial charge in [-0.05, 0) is 33.9 Å². The van der Waals surface area contributed by atoms with Gasteiger partial charge in [0.25, 0.3) is 5.88 Å². The van der Waals surface area contributed by atoms with Crippen LogP contribution in [-0.4, -0.2) is 53.1 Å². The van der Waals surface area contributed by atoms with E-state index in [0.717, 1.165) is 13.0 Å². The molecule has 1 N–H and O–H groups in total. The van der Waals surface area contributed by atoms with E-state index in [1.165, 1.54) is 13.4 Å². The van der Waals surface area contributed by atoms with Crippen molar-refractivity contribution < 1.29 is 9.66 Å². The Kier molecular flexibility index (Phi) is 6.10. The Labute approximate surface area is 118 Å². The van der Waals surface area contributed by atoms with Gasteiger partial charge in [-0.1, -0.05) is 0 Å². The number of hydrogen-bond acceptors (Lipinski definition) is 7. The van der Waals surface area contributed by atoms with Crippen molar-refractivity contribution >= 4 is 11.5 Å². The Morgan fingerprint density at radius 2 is 2.20 bits per heavy atom. The van der Waals surface area contributed by atoms with Crippen molar-refractivity contribution in [3.05, 3.63) is 16.4 Å². The van der Waals surface area contributed by atoms with E-state index < -0.39 is 4.92 Å². The molecule has 1 aromatic rings. The third-order valence-corrected chi connectivity index (χ3v) is 3.03. The number of rotatable bonds is 8. The van der Waals surface area contributed by atoms with Crippen molar-refractivity contribution in [1.29, 1.82) is 0 Å². The standard InChI is InChI=1S/C12H21N5O3/c1-9(2)16(3)7-5-6-13-11-10(17(18)19)12(20-4)15-8-14-11/h8-9H,5-7H2,1-4H3,(H,13,14,15). The lowest BCUT2D eigenvalue weighted by atomic mass is 10.3. The molecule has 112 valence electrons. The van der Waals surface area contributed by atoms with Crippen molar-refractivity contribution in [2.75, 3.05) is 32.6 Å². The number of anilines is 1. The molecule has 0 radical (unpaired) electrons. The maximum atomic E-state index is 11.0. The summed E-state index contributed by atoms with van der Waals surface area (Å²) in [6.07, 6.45) is 2.10. The first-order chi connectivity index (χ1) is 9.47. The van der Waals surface area contributed by atoms with Crippen LogP contribution in [0.15, 0.2) is 6.33 Å². The van der Waals surface area contributed by atoms with Crippen LogP contribution in [0.5, 0.6) is 5.88 Å². The summed E-state index contributed by atoms with van der Waals surface area (Å²) in [4.78, 5) is 20.3. The van der Waals surface area contributed by atoms with E-state index in [4.69, 9.17) is 4.74 Å². The summed E-state index contributed by atoms with van der Waals surface area (Å²) in [6, 6.07) is 0.475. The van der Waals surface area contributed by atoms with Crippen LogP contribution in [0.3, 0.4) is 0 Å². The minimum absolute atomic E-state index is 0.0354. The van der Waals surface area contributed by atoms with Gasteiger partial charge in [-0.3, -0.25) is 10.1 Å². The van der Waals surface area contributed by atoms with Crippen LogP contribution in [0.4, 0.5) is 11.5 Å². The Morgan fingerprint density at radius 1 is 1.50 bits per heavy atom. The molecule has 1 aromatic heterocycles. The fraction of sp³-hybridized carbons (Fsp3) is 0.667. The minimum Gasteiger partial charge on any atom is -0.476 e. The molecule has 0 saturated heterocycles. The number of nitrogens with one attached hydrogen (secondary N) is 1. The maximum absolute atomic E-state index is 11.0. The molecule has 0 atom stereocenters. The zero-order valence-electron chi connectivity index (χ0n) is 12.3. The predicted molar refractivity (Wildman–Crippen MR) is 76.1 cm³/mol. The Morgan fingerprint density at radius 3 is 2.75 bits per heavy atom. The summed E-state index contributed by atoms with van der Waals surface area (Å²) in [5, 5.41) is 14.0. The van der Waals surface area contributed by atoms with Crippen LogP contribution < -0.4 is 10.1 Å². The lowest BCUT2D eigenvalue weighted by Gasteiger charge is -2.20. The highest BCUT2D eigenvalue weighted by Crippen LogP contribution is 2.30. The molecule has 0 fully saturated rings. The number of nitrogens with zero attached hydrogens (tertiary/aromatic N) is 4. The first kappa shape index (κ1) is 16.1. The fourth-order valence-corrected chi connectivity index (χ4v) is 1.60. The largest absolute Gasteiger partial charge is 0.476 e. The normalized spacial score (nSPS) is 10.9. The average molecular weight is 283 g/mol. The molecule has 0 aromatic carbocycles. The maximum Gasteiger partial charge on any atom is 0.372 e. The molecule has 0 aliphatic carbocycles. The molecule has 0 saturated carbocycles. The Hall–Kier alpha value is -1.96. The van der Waals surface area contributed by atoms with Gasteiger partial charge in [0.1, 0.15) is 6.33 Å².